The van der Waals surface area contributed by atoms with Crippen molar-refractivity contribution in [3.63, 3.8) is 0 Å². The average Bonchev–Trinajstić information content (AvgIpc) is 3.94. The fourth-order valence-corrected chi connectivity index (χ4v) is 10.3. The van der Waals surface area contributed by atoms with Crippen LogP contribution in [0.15, 0.2) is 199 Å². The third-order valence-corrected chi connectivity index (χ3v) is 14.4. The molecule has 0 aliphatic rings. The number of para-hydroxylation sites is 2. The van der Waals surface area contributed by atoms with Crippen molar-refractivity contribution in [3.05, 3.63) is 229 Å². The number of fused-ring (bicyclic) bond motifs is 4. The molecule has 337 valence electrons. The number of imidazole rings is 1. The smallest absolute Gasteiger partial charge is 0.216 e. The van der Waals surface area contributed by atoms with Crippen LogP contribution in [0.1, 0.15) is 38.0 Å². The van der Waals surface area contributed by atoms with E-state index in [9.17, 15) is 0 Å². The van der Waals surface area contributed by atoms with Crippen LogP contribution in [-0.4, -0.2) is 27.6 Å². The van der Waals surface area contributed by atoms with Gasteiger partial charge in [0.25, 0.3) is 0 Å². The Kier molecular flexibility index (Phi) is 12.8. The molecule has 0 spiro atoms. The first-order chi connectivity index (χ1) is 33.5. The molecule has 0 amide bonds. The number of benzene rings is 7. The standard InChI is InChI=1S/C38H26N3O.C23H26NSi.Ir/c1-25-22-23-31-30-18-11-19-32(36(30)42-38(31)39-25)37-40-34-20-8-9-21-35(34)41(37)24-33-28(26-12-4-2-5-13-26)16-10-17-29(33)27-14-6-3-7-15-27;1-18(19-11-7-5-8-12-19)15-21-16-22(20-13-9-6-10-14-20)24-17-23(21)25(2,3)4;/h2-18,20-23H,24H2,1H3;5-13,16-18H,15H2,1-4H3;/q2*-1;/i;15D2;. The van der Waals surface area contributed by atoms with E-state index in [1.807, 2.05) is 105 Å². The van der Waals surface area contributed by atoms with Crippen molar-refractivity contribution in [1.29, 1.82) is 0 Å². The molecule has 0 aliphatic heterocycles. The van der Waals surface area contributed by atoms with E-state index in [1.54, 1.807) is 0 Å². The van der Waals surface area contributed by atoms with Gasteiger partial charge in [-0.2, -0.15) is 0 Å². The van der Waals surface area contributed by atoms with E-state index in [0.717, 1.165) is 72.0 Å². The maximum absolute atomic E-state index is 9.04. The normalized spacial score (nSPS) is 12.5. The molecule has 68 heavy (non-hydrogen) atoms. The zero-order valence-electron chi connectivity index (χ0n) is 40.8. The van der Waals surface area contributed by atoms with Gasteiger partial charge in [0.15, 0.2) is 0 Å². The SMILES string of the molecule is Cc1ccc2c(n1)oc1c(-c3nc4ccccc4n3Cc3c(-c4ccccc4)cccc3-c3ccccc3)[c-]ccc12.[2H]C([2H])(c1cc(-c2[c-]cccc2)ncc1[Si](C)(C)C)C(C)c1ccccc1.[Ir]. The molecule has 11 aromatic rings. The van der Waals surface area contributed by atoms with Crippen LogP contribution in [0.5, 0.6) is 0 Å². The molecule has 1 atom stereocenters. The Bertz CT molecular complexity index is 3520. The summed E-state index contributed by atoms with van der Waals surface area (Å²) in [6.45, 7) is 11.3. The summed E-state index contributed by atoms with van der Waals surface area (Å²) in [4.78, 5) is 14.5. The fraction of sp³-hybridized carbons (Fsp3) is 0.131. The number of rotatable bonds is 10. The van der Waals surface area contributed by atoms with Gasteiger partial charge in [-0.05, 0) is 87.7 Å². The minimum Gasteiger partial charge on any atom is -0.486 e. The molecule has 0 bridgehead atoms. The molecule has 1 unspecified atom stereocenters. The molecular formula is C61H52IrN4OSi-2. The quantitative estimate of drug-likeness (QED) is 0.101. The zero-order valence-corrected chi connectivity index (χ0v) is 42.2. The van der Waals surface area contributed by atoms with Gasteiger partial charge in [-0.25, -0.2) is 4.98 Å². The van der Waals surface area contributed by atoms with E-state index in [2.05, 4.69) is 149 Å². The van der Waals surface area contributed by atoms with Gasteiger partial charge in [0.2, 0.25) is 5.71 Å². The largest absolute Gasteiger partial charge is 0.486 e. The Morgan fingerprint density at radius 2 is 1.34 bits per heavy atom. The molecule has 5 nitrogen and oxygen atoms in total. The summed E-state index contributed by atoms with van der Waals surface area (Å²) in [6, 6.07) is 70.5. The van der Waals surface area contributed by atoms with E-state index >= 15 is 0 Å². The monoisotopic (exact) mass is 1080 g/mol. The Morgan fingerprint density at radius 3 is 2.01 bits per heavy atom. The molecule has 0 saturated carbocycles. The molecule has 0 aliphatic carbocycles. The third kappa shape index (κ3) is 9.56. The second-order valence-electron chi connectivity index (χ2n) is 18.0. The minimum atomic E-state index is -1.77. The van der Waals surface area contributed by atoms with Crippen LogP contribution in [0.3, 0.4) is 0 Å². The van der Waals surface area contributed by atoms with Gasteiger partial charge in [-0.3, -0.25) is 4.98 Å². The van der Waals surface area contributed by atoms with Crippen molar-refractivity contribution in [3.8, 4) is 44.9 Å². The number of aryl methyl sites for hydroxylation is 1. The van der Waals surface area contributed by atoms with E-state index in [-0.39, 0.29) is 26.0 Å². The van der Waals surface area contributed by atoms with Crippen LogP contribution in [0, 0.1) is 19.1 Å². The summed E-state index contributed by atoms with van der Waals surface area (Å²) in [5.41, 5.74) is 14.6. The Labute approximate surface area is 416 Å². The summed E-state index contributed by atoms with van der Waals surface area (Å²) in [7, 11) is -1.77. The summed E-state index contributed by atoms with van der Waals surface area (Å²) < 4.78 is 26.8. The Morgan fingerprint density at radius 1 is 0.676 bits per heavy atom. The number of aromatic nitrogens is 4. The van der Waals surface area contributed by atoms with E-state index in [4.69, 9.17) is 12.1 Å². The van der Waals surface area contributed by atoms with Crippen molar-refractivity contribution in [2.24, 2.45) is 0 Å². The average molecular weight is 1080 g/mol. The zero-order chi connectivity index (χ0) is 47.7. The van der Waals surface area contributed by atoms with Crippen LogP contribution < -0.4 is 5.19 Å². The minimum absolute atomic E-state index is 0. The molecule has 0 fully saturated rings. The predicted molar refractivity (Wildman–Crippen MR) is 280 cm³/mol. The third-order valence-electron chi connectivity index (χ3n) is 12.3. The summed E-state index contributed by atoms with van der Waals surface area (Å²) >= 11 is 0. The van der Waals surface area contributed by atoms with Gasteiger partial charge in [0.05, 0.1) is 30.5 Å². The van der Waals surface area contributed by atoms with Gasteiger partial charge >= 0.3 is 0 Å². The molecule has 4 aromatic heterocycles. The molecule has 0 saturated heterocycles. The van der Waals surface area contributed by atoms with Gasteiger partial charge in [0.1, 0.15) is 0 Å². The van der Waals surface area contributed by atoms with Gasteiger partial charge in [-0.15, -0.1) is 54.1 Å². The molecule has 1 radical (unpaired) electrons. The Balaban J connectivity index is 0.000000189. The first kappa shape index (κ1) is 43.5. The number of nitrogens with zero attached hydrogens (tertiary/aromatic N) is 4. The van der Waals surface area contributed by atoms with Crippen LogP contribution in [0.4, 0.5) is 0 Å². The summed E-state index contributed by atoms with van der Waals surface area (Å²) in [5, 5.41) is 3.09. The van der Waals surface area contributed by atoms with Crippen molar-refractivity contribution in [2.75, 3.05) is 0 Å². The van der Waals surface area contributed by atoms with Gasteiger partial charge in [-0.1, -0.05) is 170 Å². The Hall–Kier alpha value is -7.02. The second kappa shape index (κ2) is 20.1. The fourth-order valence-electron chi connectivity index (χ4n) is 8.93. The van der Waals surface area contributed by atoms with Crippen LogP contribution in [0.2, 0.25) is 19.6 Å². The topological polar surface area (TPSA) is 56.7 Å². The van der Waals surface area contributed by atoms with Crippen LogP contribution >= 0.6 is 0 Å². The second-order valence-corrected chi connectivity index (χ2v) is 23.0. The number of furan rings is 1. The molecule has 11 rings (SSSR count). The molecule has 7 aromatic carbocycles. The van der Waals surface area contributed by atoms with Crippen molar-refractivity contribution in [2.45, 2.75) is 52.3 Å². The molecule has 0 N–H and O–H groups in total. The first-order valence-corrected chi connectivity index (χ1v) is 26.4. The maximum Gasteiger partial charge on any atom is 0.216 e. The van der Waals surface area contributed by atoms with E-state index < -0.39 is 14.4 Å². The molecule has 7 heteroatoms. The summed E-state index contributed by atoms with van der Waals surface area (Å²) in [6.07, 6.45) is 0.400. The van der Waals surface area contributed by atoms with Gasteiger partial charge < -0.3 is 14.0 Å². The van der Waals surface area contributed by atoms with Crippen molar-refractivity contribution in [1.82, 2.24) is 19.5 Å². The number of hydrogen-bond donors (Lipinski definition) is 0. The van der Waals surface area contributed by atoms with Crippen molar-refractivity contribution >= 4 is 46.4 Å². The van der Waals surface area contributed by atoms with Crippen LogP contribution in [0.25, 0.3) is 78.0 Å². The maximum atomic E-state index is 9.04. The van der Waals surface area contributed by atoms with E-state index in [0.29, 0.717) is 12.3 Å². The number of hydrogen-bond acceptors (Lipinski definition) is 4. The van der Waals surface area contributed by atoms with Crippen molar-refractivity contribution < 1.29 is 27.3 Å². The molecule has 4 heterocycles. The first-order valence-electron chi connectivity index (χ1n) is 23.9. The molecular weight excluding hydrogens is 1030 g/mol. The number of pyridine rings is 2. The predicted octanol–water partition coefficient (Wildman–Crippen LogP) is 14.9. The summed E-state index contributed by atoms with van der Waals surface area (Å²) in [5.74, 6) is 0.559. The van der Waals surface area contributed by atoms with Gasteiger partial charge in [0, 0.05) is 46.7 Å². The van der Waals surface area contributed by atoms with Crippen LogP contribution in [-0.2, 0) is 33.0 Å². The van der Waals surface area contributed by atoms with E-state index in [1.165, 1.54) is 27.8 Å².